The first-order valence-corrected chi connectivity index (χ1v) is 12.1. The Hall–Kier alpha value is -3.54. The molecule has 6 nitrogen and oxygen atoms in total. The monoisotopic (exact) mass is 482 g/mol. The van der Waals surface area contributed by atoms with Crippen LogP contribution in [-0.2, 0) is 0 Å². The second kappa shape index (κ2) is 16.1. The summed E-state index contributed by atoms with van der Waals surface area (Å²) in [6.07, 6.45) is 0.979. The van der Waals surface area contributed by atoms with E-state index in [1.165, 1.54) is 0 Å². The maximum atomic E-state index is 5.79. The SMILES string of the molecule is CCCOc1ccc(OCC)cc1.CCOc1ccc(OCC(C)Oc2ccc(OC)cc2)cc1. The lowest BCUT2D eigenvalue weighted by molar-refractivity contribution is 0.143. The average Bonchev–Trinajstić information content (AvgIpc) is 2.89. The predicted molar refractivity (Wildman–Crippen MR) is 140 cm³/mol. The molecule has 6 heteroatoms. The molecule has 3 aromatic rings. The quantitative estimate of drug-likeness (QED) is 0.267. The molecule has 0 bridgehead atoms. The third-order valence-corrected chi connectivity index (χ3v) is 4.62. The van der Waals surface area contributed by atoms with E-state index in [1.807, 2.05) is 93.6 Å². The lowest BCUT2D eigenvalue weighted by atomic mass is 10.3. The second-order valence-electron chi connectivity index (χ2n) is 7.57. The van der Waals surface area contributed by atoms with Crippen LogP contribution in [0.1, 0.15) is 34.1 Å². The summed E-state index contributed by atoms with van der Waals surface area (Å²) in [6.45, 7) is 10.6. The van der Waals surface area contributed by atoms with Gasteiger partial charge in [0.15, 0.2) is 0 Å². The average molecular weight is 483 g/mol. The lowest BCUT2D eigenvalue weighted by Crippen LogP contribution is -2.21. The molecular weight excluding hydrogens is 444 g/mol. The first-order valence-electron chi connectivity index (χ1n) is 12.1. The van der Waals surface area contributed by atoms with Crippen molar-refractivity contribution in [2.45, 2.75) is 40.2 Å². The van der Waals surface area contributed by atoms with Crippen LogP contribution in [-0.4, -0.2) is 39.6 Å². The Kier molecular flexibility index (Phi) is 12.8. The highest BCUT2D eigenvalue weighted by atomic mass is 16.5. The normalized spacial score (nSPS) is 10.9. The van der Waals surface area contributed by atoms with E-state index < -0.39 is 0 Å². The van der Waals surface area contributed by atoms with Crippen molar-refractivity contribution < 1.29 is 28.4 Å². The molecule has 1 atom stereocenters. The van der Waals surface area contributed by atoms with E-state index in [2.05, 4.69) is 6.92 Å². The van der Waals surface area contributed by atoms with Crippen LogP contribution in [0, 0.1) is 0 Å². The molecule has 0 saturated heterocycles. The zero-order valence-corrected chi connectivity index (χ0v) is 21.5. The fraction of sp³-hybridized carbons (Fsp3) is 0.379. The van der Waals surface area contributed by atoms with Crippen LogP contribution in [0.25, 0.3) is 0 Å². The van der Waals surface area contributed by atoms with Gasteiger partial charge >= 0.3 is 0 Å². The van der Waals surface area contributed by atoms with E-state index in [0.29, 0.717) is 19.8 Å². The van der Waals surface area contributed by atoms with Gasteiger partial charge in [0.25, 0.3) is 0 Å². The minimum atomic E-state index is -0.0556. The topological polar surface area (TPSA) is 55.4 Å². The molecular formula is C29H38O6. The zero-order valence-electron chi connectivity index (χ0n) is 21.5. The summed E-state index contributed by atoms with van der Waals surface area (Å²) < 4.78 is 32.8. The smallest absolute Gasteiger partial charge is 0.130 e. The van der Waals surface area contributed by atoms with Gasteiger partial charge in [-0.15, -0.1) is 0 Å². The predicted octanol–water partition coefficient (Wildman–Crippen LogP) is 6.81. The van der Waals surface area contributed by atoms with Crippen molar-refractivity contribution in [3.8, 4) is 34.5 Å². The summed E-state index contributed by atoms with van der Waals surface area (Å²) in [5.74, 6) is 5.05. The molecule has 3 rings (SSSR count). The van der Waals surface area contributed by atoms with Crippen molar-refractivity contribution >= 4 is 0 Å². The Balaban J connectivity index is 0.000000283. The molecule has 0 aliphatic carbocycles. The van der Waals surface area contributed by atoms with Crippen LogP contribution in [0.3, 0.4) is 0 Å². The van der Waals surface area contributed by atoms with Gasteiger partial charge in [0.2, 0.25) is 0 Å². The Morgan fingerprint density at radius 1 is 0.543 bits per heavy atom. The van der Waals surface area contributed by atoms with E-state index in [-0.39, 0.29) is 6.10 Å². The Labute approximate surface area is 209 Å². The largest absolute Gasteiger partial charge is 0.497 e. The van der Waals surface area contributed by atoms with Crippen molar-refractivity contribution in [3.05, 3.63) is 72.8 Å². The van der Waals surface area contributed by atoms with Crippen LogP contribution in [0.4, 0.5) is 0 Å². The summed E-state index contributed by atoms with van der Waals surface area (Å²) >= 11 is 0. The van der Waals surface area contributed by atoms with Gasteiger partial charge in [-0.3, -0.25) is 0 Å². The van der Waals surface area contributed by atoms with E-state index >= 15 is 0 Å². The third-order valence-electron chi connectivity index (χ3n) is 4.62. The van der Waals surface area contributed by atoms with Gasteiger partial charge in [0, 0.05) is 0 Å². The molecule has 0 saturated carbocycles. The second-order valence-corrected chi connectivity index (χ2v) is 7.57. The maximum absolute atomic E-state index is 5.79. The molecule has 0 heterocycles. The third kappa shape index (κ3) is 11.0. The summed E-state index contributed by atoms with van der Waals surface area (Å²) in [4.78, 5) is 0. The molecule has 0 spiro atoms. The van der Waals surface area contributed by atoms with Gasteiger partial charge in [-0.1, -0.05) is 6.92 Å². The summed E-state index contributed by atoms with van der Waals surface area (Å²) in [6, 6.07) is 22.8. The number of methoxy groups -OCH3 is 1. The molecule has 0 aliphatic heterocycles. The van der Waals surface area contributed by atoms with Gasteiger partial charge in [-0.2, -0.15) is 0 Å². The molecule has 190 valence electrons. The molecule has 0 radical (unpaired) electrons. The van der Waals surface area contributed by atoms with Gasteiger partial charge in [-0.05, 0) is 100.0 Å². The van der Waals surface area contributed by atoms with Gasteiger partial charge in [0.05, 0.1) is 26.9 Å². The van der Waals surface area contributed by atoms with Gasteiger partial charge in [0.1, 0.15) is 47.2 Å². The number of hydrogen-bond acceptors (Lipinski definition) is 6. The van der Waals surface area contributed by atoms with Crippen LogP contribution in [0.5, 0.6) is 34.5 Å². The van der Waals surface area contributed by atoms with Crippen LogP contribution in [0.15, 0.2) is 72.8 Å². The minimum Gasteiger partial charge on any atom is -0.497 e. The van der Waals surface area contributed by atoms with E-state index in [1.54, 1.807) is 7.11 Å². The maximum Gasteiger partial charge on any atom is 0.130 e. The molecule has 0 aliphatic rings. The molecule has 0 amide bonds. The van der Waals surface area contributed by atoms with E-state index in [9.17, 15) is 0 Å². The van der Waals surface area contributed by atoms with Crippen LogP contribution < -0.4 is 28.4 Å². The molecule has 0 aromatic heterocycles. The number of ether oxygens (including phenoxy) is 6. The van der Waals surface area contributed by atoms with Crippen molar-refractivity contribution in [1.82, 2.24) is 0 Å². The van der Waals surface area contributed by atoms with Gasteiger partial charge in [-0.25, -0.2) is 0 Å². The molecule has 35 heavy (non-hydrogen) atoms. The summed E-state index contributed by atoms with van der Waals surface area (Å²) in [5.41, 5.74) is 0. The lowest BCUT2D eigenvalue weighted by Gasteiger charge is -2.16. The molecule has 0 N–H and O–H groups in total. The molecule has 0 fully saturated rings. The summed E-state index contributed by atoms with van der Waals surface area (Å²) in [7, 11) is 1.64. The van der Waals surface area contributed by atoms with E-state index in [0.717, 1.165) is 47.5 Å². The van der Waals surface area contributed by atoms with Crippen LogP contribution in [0.2, 0.25) is 0 Å². The van der Waals surface area contributed by atoms with Crippen molar-refractivity contribution in [2.75, 3.05) is 33.5 Å². The number of rotatable bonds is 13. The number of benzene rings is 3. The summed E-state index contributed by atoms with van der Waals surface area (Å²) in [5, 5.41) is 0. The standard InChI is InChI=1S/C18H22O4.C11H16O2/c1-4-20-16-7-9-17(10-8-16)21-13-14(2)22-18-11-5-15(19-3)6-12-18;1-3-9-13-11-7-5-10(6-8-11)12-4-2/h5-12,14H,4,13H2,1-3H3;5-8H,3-4,9H2,1-2H3. The van der Waals surface area contributed by atoms with Crippen LogP contribution >= 0.6 is 0 Å². The van der Waals surface area contributed by atoms with Crippen molar-refractivity contribution in [3.63, 3.8) is 0 Å². The first kappa shape index (κ1) is 27.7. The Morgan fingerprint density at radius 3 is 1.37 bits per heavy atom. The Bertz CT molecular complexity index is 923. The van der Waals surface area contributed by atoms with E-state index in [4.69, 9.17) is 28.4 Å². The van der Waals surface area contributed by atoms with Crippen molar-refractivity contribution in [1.29, 1.82) is 0 Å². The highest BCUT2D eigenvalue weighted by molar-refractivity contribution is 5.33. The highest BCUT2D eigenvalue weighted by Crippen LogP contribution is 2.20. The molecule has 3 aromatic carbocycles. The van der Waals surface area contributed by atoms with Crippen molar-refractivity contribution in [2.24, 2.45) is 0 Å². The number of hydrogen-bond donors (Lipinski definition) is 0. The zero-order chi connectivity index (χ0) is 25.3. The minimum absolute atomic E-state index is 0.0556. The fourth-order valence-electron chi connectivity index (χ4n) is 2.95. The molecule has 1 unspecified atom stereocenters. The highest BCUT2D eigenvalue weighted by Gasteiger charge is 2.06. The van der Waals surface area contributed by atoms with Gasteiger partial charge < -0.3 is 28.4 Å². The fourth-order valence-corrected chi connectivity index (χ4v) is 2.95. The Morgan fingerprint density at radius 2 is 0.943 bits per heavy atom. The first-order chi connectivity index (χ1) is 17.1.